The number of benzene rings is 1. The van der Waals surface area contributed by atoms with Gasteiger partial charge in [0.05, 0.1) is 10.3 Å². The van der Waals surface area contributed by atoms with E-state index < -0.39 is 11.9 Å². The van der Waals surface area contributed by atoms with Crippen molar-refractivity contribution in [2.24, 2.45) is 0 Å². The van der Waals surface area contributed by atoms with Gasteiger partial charge in [-0.1, -0.05) is 40.8 Å². The number of alkyl halides is 2. The third-order valence-electron chi connectivity index (χ3n) is 3.70. The van der Waals surface area contributed by atoms with Crippen molar-refractivity contribution in [3.63, 3.8) is 0 Å². The van der Waals surface area contributed by atoms with Crippen molar-refractivity contribution in [3.8, 4) is 5.75 Å². The predicted octanol–water partition coefficient (Wildman–Crippen LogP) is 5.63. The molecule has 0 spiro atoms. The summed E-state index contributed by atoms with van der Waals surface area (Å²) >= 11 is 10.3. The molecule has 3 aromatic rings. The van der Waals surface area contributed by atoms with Crippen LogP contribution in [0.4, 0.5) is 19.6 Å². The molecule has 1 unspecified atom stereocenters. The largest absolute Gasteiger partial charge is 0.433 e. The molecule has 160 valence electrons. The van der Waals surface area contributed by atoms with Crippen LogP contribution in [0.15, 0.2) is 40.1 Å². The number of nitrogens with one attached hydrogen (secondary N) is 2. The summed E-state index contributed by atoms with van der Waals surface area (Å²) in [4.78, 5) is 13.7. The Balaban J connectivity index is 1.48. The first-order valence-corrected chi connectivity index (χ1v) is 11.7. The fourth-order valence-corrected chi connectivity index (χ4v) is 5.15. The molecule has 6 nitrogen and oxygen atoms in total. The second-order valence-electron chi connectivity index (χ2n) is 5.90. The quantitative estimate of drug-likeness (QED) is 0.359. The van der Waals surface area contributed by atoms with Gasteiger partial charge in [0.2, 0.25) is 11.0 Å². The van der Waals surface area contributed by atoms with Gasteiger partial charge in [0.15, 0.2) is 4.34 Å². The highest BCUT2D eigenvalue weighted by Crippen LogP contribution is 2.31. The van der Waals surface area contributed by atoms with E-state index in [0.29, 0.717) is 15.2 Å². The number of amides is 1. The summed E-state index contributed by atoms with van der Waals surface area (Å²) in [6.45, 7) is -0.482. The van der Waals surface area contributed by atoms with Crippen LogP contribution >= 0.6 is 46.0 Å². The van der Waals surface area contributed by atoms with Gasteiger partial charge < -0.3 is 15.4 Å². The lowest BCUT2D eigenvalue weighted by atomic mass is 10.3. The first-order chi connectivity index (χ1) is 14.4. The van der Waals surface area contributed by atoms with Gasteiger partial charge in [0.1, 0.15) is 5.75 Å². The normalized spacial score (nSPS) is 12.0. The van der Waals surface area contributed by atoms with Crippen LogP contribution in [0, 0.1) is 0 Å². The molecular weight excluding hydrogens is 474 g/mol. The lowest BCUT2D eigenvalue weighted by Gasteiger charge is -2.12. The highest BCUT2D eigenvalue weighted by atomic mass is 35.5. The van der Waals surface area contributed by atoms with Crippen LogP contribution in [0.5, 0.6) is 5.75 Å². The number of rotatable bonds is 10. The Labute approximate surface area is 189 Å². The van der Waals surface area contributed by atoms with Crippen LogP contribution in [0.25, 0.3) is 0 Å². The second kappa shape index (κ2) is 10.9. The third kappa shape index (κ3) is 6.79. The zero-order valence-electron chi connectivity index (χ0n) is 15.6. The minimum Gasteiger partial charge on any atom is -0.433 e. The number of halogens is 3. The van der Waals surface area contributed by atoms with Gasteiger partial charge in [-0.3, -0.25) is 4.79 Å². The molecule has 0 bridgehead atoms. The minimum absolute atomic E-state index is 0.0178. The standard InChI is InChI=1S/C18H17ClF2N4O2S3/c1-10(15(26)23-11-4-5-14(13(19)9-11)27-16(20)21)29-18-25-24-17(30-18)22-7-6-12-3-2-8-28-12/h2-5,8-10,16H,6-7H2,1H3,(H,22,24)(H,23,26). The van der Waals surface area contributed by atoms with E-state index in [4.69, 9.17) is 11.6 Å². The van der Waals surface area contributed by atoms with Gasteiger partial charge in [-0.25, -0.2) is 0 Å². The smallest absolute Gasteiger partial charge is 0.387 e. The molecule has 0 aliphatic heterocycles. The first kappa shape index (κ1) is 22.7. The van der Waals surface area contributed by atoms with Gasteiger partial charge >= 0.3 is 6.61 Å². The molecule has 2 heterocycles. The minimum atomic E-state index is -2.97. The van der Waals surface area contributed by atoms with Crippen molar-refractivity contribution in [1.29, 1.82) is 0 Å². The molecule has 0 aliphatic rings. The van der Waals surface area contributed by atoms with E-state index in [1.54, 1.807) is 18.3 Å². The van der Waals surface area contributed by atoms with Crippen molar-refractivity contribution in [2.75, 3.05) is 17.2 Å². The van der Waals surface area contributed by atoms with Crippen molar-refractivity contribution in [3.05, 3.63) is 45.6 Å². The highest BCUT2D eigenvalue weighted by molar-refractivity contribution is 8.02. The molecule has 0 saturated carbocycles. The van der Waals surface area contributed by atoms with Crippen molar-refractivity contribution < 1.29 is 18.3 Å². The summed E-state index contributed by atoms with van der Waals surface area (Å²) in [6.07, 6.45) is 0.905. The number of anilines is 2. The monoisotopic (exact) mass is 490 g/mol. The Morgan fingerprint density at radius 1 is 1.33 bits per heavy atom. The van der Waals surface area contributed by atoms with E-state index in [2.05, 4.69) is 31.6 Å². The number of thiophene rings is 1. The molecule has 0 saturated heterocycles. The van der Waals surface area contributed by atoms with Crippen LogP contribution in [-0.4, -0.2) is 34.5 Å². The zero-order valence-corrected chi connectivity index (χ0v) is 18.8. The van der Waals surface area contributed by atoms with E-state index >= 15 is 0 Å². The lowest BCUT2D eigenvalue weighted by Crippen LogP contribution is -2.22. The SMILES string of the molecule is CC(Sc1nnc(NCCc2cccs2)s1)C(=O)Nc1ccc(OC(F)F)c(Cl)c1. The summed E-state index contributed by atoms with van der Waals surface area (Å²) in [5, 5.41) is 16.4. The average Bonchev–Trinajstić information content (AvgIpc) is 3.36. The highest BCUT2D eigenvalue weighted by Gasteiger charge is 2.18. The Morgan fingerprint density at radius 2 is 2.17 bits per heavy atom. The summed E-state index contributed by atoms with van der Waals surface area (Å²) in [5.41, 5.74) is 0.382. The van der Waals surface area contributed by atoms with E-state index in [-0.39, 0.29) is 16.7 Å². The maximum Gasteiger partial charge on any atom is 0.387 e. The maximum absolute atomic E-state index is 12.4. The summed E-state index contributed by atoms with van der Waals surface area (Å²) < 4.78 is 29.5. The number of thioether (sulfide) groups is 1. The maximum atomic E-state index is 12.4. The van der Waals surface area contributed by atoms with E-state index in [9.17, 15) is 13.6 Å². The number of nitrogens with zero attached hydrogens (tertiary/aromatic N) is 2. The van der Waals surface area contributed by atoms with E-state index in [1.807, 2.05) is 11.4 Å². The first-order valence-electron chi connectivity index (χ1n) is 8.72. The number of hydrogen-bond donors (Lipinski definition) is 2. The van der Waals surface area contributed by atoms with Crippen molar-refractivity contribution in [2.45, 2.75) is 29.5 Å². The second-order valence-corrected chi connectivity index (χ2v) is 9.91. The molecule has 0 aliphatic carbocycles. The molecule has 12 heteroatoms. The van der Waals surface area contributed by atoms with E-state index in [0.717, 1.165) is 13.0 Å². The summed E-state index contributed by atoms with van der Waals surface area (Å²) in [6, 6.07) is 8.18. The van der Waals surface area contributed by atoms with Crippen molar-refractivity contribution in [1.82, 2.24) is 10.2 Å². The van der Waals surface area contributed by atoms with Crippen LogP contribution in [0.2, 0.25) is 5.02 Å². The molecule has 0 radical (unpaired) electrons. The van der Waals surface area contributed by atoms with Gasteiger partial charge in [-0.2, -0.15) is 8.78 Å². The van der Waals surface area contributed by atoms with Crippen LogP contribution in [0.1, 0.15) is 11.8 Å². The predicted molar refractivity (Wildman–Crippen MR) is 118 cm³/mol. The molecule has 2 aromatic heterocycles. The average molecular weight is 491 g/mol. The molecule has 1 aromatic carbocycles. The van der Waals surface area contributed by atoms with Crippen LogP contribution < -0.4 is 15.4 Å². The number of hydrogen-bond acceptors (Lipinski definition) is 8. The number of ether oxygens (including phenoxy) is 1. The Kier molecular flexibility index (Phi) is 8.25. The topological polar surface area (TPSA) is 76.1 Å². The molecule has 0 fully saturated rings. The molecular formula is C18H17ClF2N4O2S3. The van der Waals surface area contributed by atoms with Crippen LogP contribution in [-0.2, 0) is 11.2 Å². The molecule has 1 amide bonds. The van der Waals surface area contributed by atoms with Gasteiger partial charge in [0.25, 0.3) is 0 Å². The number of carbonyl (C=O) groups excluding carboxylic acids is 1. The fourth-order valence-electron chi connectivity index (χ4n) is 2.30. The Bertz CT molecular complexity index is 972. The number of carbonyl (C=O) groups is 1. The summed E-state index contributed by atoms with van der Waals surface area (Å²) in [7, 11) is 0. The molecule has 3 rings (SSSR count). The van der Waals surface area contributed by atoms with Gasteiger partial charge in [0, 0.05) is 17.1 Å². The molecule has 2 N–H and O–H groups in total. The summed E-state index contributed by atoms with van der Waals surface area (Å²) in [5.74, 6) is -0.430. The third-order valence-corrected chi connectivity index (χ3v) is 6.99. The fraction of sp³-hybridized carbons (Fsp3) is 0.278. The van der Waals surface area contributed by atoms with Gasteiger partial charge in [-0.05, 0) is 43.0 Å². The Morgan fingerprint density at radius 3 is 2.87 bits per heavy atom. The van der Waals surface area contributed by atoms with E-state index in [1.165, 1.54) is 46.2 Å². The zero-order chi connectivity index (χ0) is 21.5. The lowest BCUT2D eigenvalue weighted by molar-refractivity contribution is -0.115. The molecule has 1 atom stereocenters. The number of aromatic nitrogens is 2. The van der Waals surface area contributed by atoms with Gasteiger partial charge in [-0.15, -0.1) is 21.5 Å². The molecule has 30 heavy (non-hydrogen) atoms. The Hall–Kier alpha value is -1.95. The van der Waals surface area contributed by atoms with Crippen LogP contribution in [0.3, 0.4) is 0 Å². The van der Waals surface area contributed by atoms with Crippen molar-refractivity contribution >= 4 is 62.8 Å².